The van der Waals surface area contributed by atoms with Crippen molar-refractivity contribution < 1.29 is 14.4 Å². The summed E-state index contributed by atoms with van der Waals surface area (Å²) in [6, 6.07) is 14.1. The molecule has 0 fully saturated rings. The highest BCUT2D eigenvalue weighted by Gasteiger charge is 2.08. The lowest BCUT2D eigenvalue weighted by Gasteiger charge is -2.10. The molecule has 0 aliphatic carbocycles. The van der Waals surface area contributed by atoms with Gasteiger partial charge >= 0.3 is 0 Å². The summed E-state index contributed by atoms with van der Waals surface area (Å²) in [5.41, 5.74) is 4.00. The number of hydrogen-bond acceptors (Lipinski definition) is 4. The van der Waals surface area contributed by atoms with Gasteiger partial charge in [0, 0.05) is 5.56 Å². The van der Waals surface area contributed by atoms with E-state index in [2.05, 4.69) is 5.48 Å². The molecule has 0 spiro atoms. The van der Waals surface area contributed by atoms with Crippen molar-refractivity contribution in [2.24, 2.45) is 0 Å². The first-order valence-corrected chi connectivity index (χ1v) is 5.36. The SMILES string of the molecule is O=Cc1cccc(ONc2ccccc2)c1C=O. The number of aldehydes is 2. The van der Waals surface area contributed by atoms with E-state index in [1.165, 1.54) is 0 Å². The fourth-order valence-electron chi connectivity index (χ4n) is 1.50. The smallest absolute Gasteiger partial charge is 0.166 e. The first-order valence-electron chi connectivity index (χ1n) is 5.36. The van der Waals surface area contributed by atoms with Gasteiger partial charge in [-0.1, -0.05) is 30.3 Å². The average molecular weight is 241 g/mol. The van der Waals surface area contributed by atoms with Crippen LogP contribution in [0.25, 0.3) is 0 Å². The van der Waals surface area contributed by atoms with Gasteiger partial charge in [0.2, 0.25) is 0 Å². The quantitative estimate of drug-likeness (QED) is 0.646. The van der Waals surface area contributed by atoms with Crippen molar-refractivity contribution in [2.45, 2.75) is 0 Å². The molecule has 0 saturated carbocycles. The molecule has 90 valence electrons. The second-order valence-corrected chi connectivity index (χ2v) is 3.56. The van der Waals surface area contributed by atoms with Gasteiger partial charge in [0.05, 0.1) is 11.3 Å². The van der Waals surface area contributed by atoms with Gasteiger partial charge in [0.1, 0.15) is 0 Å². The standard InChI is InChI=1S/C14H11NO3/c16-9-11-5-4-8-14(13(11)10-17)18-15-12-6-2-1-3-7-12/h1-10,15H. The van der Waals surface area contributed by atoms with E-state index in [-0.39, 0.29) is 5.56 Å². The summed E-state index contributed by atoms with van der Waals surface area (Å²) in [5.74, 6) is 0.318. The van der Waals surface area contributed by atoms with Crippen molar-refractivity contribution in [1.82, 2.24) is 0 Å². The van der Waals surface area contributed by atoms with Crippen LogP contribution in [0.2, 0.25) is 0 Å². The van der Waals surface area contributed by atoms with E-state index in [1.807, 2.05) is 30.3 Å². The molecule has 0 bridgehead atoms. The van der Waals surface area contributed by atoms with Crippen molar-refractivity contribution in [1.29, 1.82) is 0 Å². The summed E-state index contributed by atoms with van der Waals surface area (Å²) in [5, 5.41) is 0. The first kappa shape index (κ1) is 11.9. The lowest BCUT2D eigenvalue weighted by Crippen LogP contribution is -2.07. The van der Waals surface area contributed by atoms with Crippen LogP contribution in [0.15, 0.2) is 48.5 Å². The molecule has 0 atom stereocenters. The molecule has 0 aliphatic heterocycles. The van der Waals surface area contributed by atoms with E-state index in [0.717, 1.165) is 5.69 Å². The van der Waals surface area contributed by atoms with E-state index in [9.17, 15) is 9.59 Å². The zero-order chi connectivity index (χ0) is 12.8. The van der Waals surface area contributed by atoms with Crippen LogP contribution in [0.3, 0.4) is 0 Å². The van der Waals surface area contributed by atoms with Crippen molar-refractivity contribution in [3.8, 4) is 5.75 Å². The van der Waals surface area contributed by atoms with Crippen molar-refractivity contribution in [3.63, 3.8) is 0 Å². The Kier molecular flexibility index (Phi) is 3.71. The number of benzene rings is 2. The summed E-state index contributed by atoms with van der Waals surface area (Å²) >= 11 is 0. The molecule has 0 saturated heterocycles. The molecule has 0 heterocycles. The second kappa shape index (κ2) is 5.63. The van der Waals surface area contributed by atoms with Crippen LogP contribution < -0.4 is 10.3 Å². The molecule has 2 aromatic rings. The minimum absolute atomic E-state index is 0.232. The number of nitrogens with one attached hydrogen (secondary N) is 1. The van der Waals surface area contributed by atoms with E-state index in [0.29, 0.717) is 23.9 Å². The summed E-state index contributed by atoms with van der Waals surface area (Å²) in [6.45, 7) is 0. The summed E-state index contributed by atoms with van der Waals surface area (Å²) < 4.78 is 0. The highest BCUT2D eigenvalue weighted by Crippen LogP contribution is 2.20. The maximum absolute atomic E-state index is 11.0. The predicted molar refractivity (Wildman–Crippen MR) is 67.9 cm³/mol. The largest absolute Gasteiger partial charge is 0.381 e. The second-order valence-electron chi connectivity index (χ2n) is 3.56. The molecule has 0 radical (unpaired) electrons. The molecule has 0 aliphatic rings. The molecule has 4 heteroatoms. The third-order valence-electron chi connectivity index (χ3n) is 2.40. The third kappa shape index (κ3) is 2.55. The average Bonchev–Trinajstić information content (AvgIpc) is 2.45. The highest BCUT2D eigenvalue weighted by atomic mass is 16.6. The van der Waals surface area contributed by atoms with Gasteiger partial charge in [-0.15, -0.1) is 0 Å². The molecule has 2 rings (SSSR count). The topological polar surface area (TPSA) is 55.4 Å². The summed E-state index contributed by atoms with van der Waals surface area (Å²) in [7, 11) is 0. The first-order chi connectivity index (χ1) is 8.85. The van der Waals surface area contributed by atoms with Crippen LogP contribution >= 0.6 is 0 Å². The monoisotopic (exact) mass is 241 g/mol. The molecule has 18 heavy (non-hydrogen) atoms. The van der Waals surface area contributed by atoms with Crippen LogP contribution in [-0.4, -0.2) is 12.6 Å². The van der Waals surface area contributed by atoms with Crippen molar-refractivity contribution in [3.05, 3.63) is 59.7 Å². The maximum Gasteiger partial charge on any atom is 0.166 e. The number of carbonyl (C=O) groups excluding carboxylic acids is 2. The number of anilines is 1. The Hall–Kier alpha value is -2.62. The Morgan fingerprint density at radius 1 is 0.889 bits per heavy atom. The Morgan fingerprint density at radius 3 is 2.33 bits per heavy atom. The van der Waals surface area contributed by atoms with Crippen LogP contribution in [0.1, 0.15) is 20.7 Å². The molecule has 0 aromatic heterocycles. The Balaban J connectivity index is 2.19. The molecule has 1 N–H and O–H groups in total. The van der Waals surface area contributed by atoms with Gasteiger partial charge in [-0.25, -0.2) is 5.48 Å². The Bertz CT molecular complexity index is 552. The van der Waals surface area contributed by atoms with E-state index < -0.39 is 0 Å². The van der Waals surface area contributed by atoms with Crippen LogP contribution in [-0.2, 0) is 0 Å². The van der Waals surface area contributed by atoms with Gasteiger partial charge in [-0.2, -0.15) is 0 Å². The Labute approximate surface area is 104 Å². The molecule has 4 nitrogen and oxygen atoms in total. The van der Waals surface area contributed by atoms with Crippen LogP contribution in [0, 0.1) is 0 Å². The van der Waals surface area contributed by atoms with Gasteiger partial charge in [-0.05, 0) is 18.2 Å². The van der Waals surface area contributed by atoms with Crippen LogP contribution in [0.4, 0.5) is 5.69 Å². The number of hydrogen-bond donors (Lipinski definition) is 1. The molecule has 0 unspecified atom stereocenters. The van der Waals surface area contributed by atoms with Gasteiger partial charge < -0.3 is 4.84 Å². The minimum Gasteiger partial charge on any atom is -0.381 e. The van der Waals surface area contributed by atoms with Gasteiger partial charge in [0.15, 0.2) is 18.3 Å². The van der Waals surface area contributed by atoms with Gasteiger partial charge in [0.25, 0.3) is 0 Å². The van der Waals surface area contributed by atoms with Crippen LogP contribution in [0.5, 0.6) is 5.75 Å². The van der Waals surface area contributed by atoms with Gasteiger partial charge in [-0.3, -0.25) is 9.59 Å². The normalized spacial score (nSPS) is 9.56. The fourth-order valence-corrected chi connectivity index (χ4v) is 1.50. The van der Waals surface area contributed by atoms with E-state index in [4.69, 9.17) is 4.84 Å². The highest BCUT2D eigenvalue weighted by molar-refractivity contribution is 5.92. The molecule has 2 aromatic carbocycles. The molecular weight excluding hydrogens is 230 g/mol. The van der Waals surface area contributed by atoms with E-state index in [1.54, 1.807) is 18.2 Å². The third-order valence-corrected chi connectivity index (χ3v) is 2.40. The number of carbonyl (C=O) groups is 2. The summed E-state index contributed by atoms with van der Waals surface area (Å²) in [6.07, 6.45) is 1.23. The minimum atomic E-state index is 0.232. The summed E-state index contributed by atoms with van der Waals surface area (Å²) in [4.78, 5) is 27.0. The van der Waals surface area contributed by atoms with Crippen molar-refractivity contribution >= 4 is 18.3 Å². The fraction of sp³-hybridized carbons (Fsp3) is 0. The Morgan fingerprint density at radius 2 is 1.67 bits per heavy atom. The lowest BCUT2D eigenvalue weighted by molar-refractivity contribution is 0.109. The van der Waals surface area contributed by atoms with Crippen molar-refractivity contribution in [2.75, 3.05) is 5.48 Å². The lowest BCUT2D eigenvalue weighted by atomic mass is 10.1. The number of para-hydroxylation sites is 1. The zero-order valence-corrected chi connectivity index (χ0v) is 9.50. The molecular formula is C14H11NO3. The van der Waals surface area contributed by atoms with E-state index >= 15 is 0 Å². The molecule has 0 amide bonds. The zero-order valence-electron chi connectivity index (χ0n) is 9.50. The number of rotatable bonds is 5. The maximum atomic E-state index is 11.0. The predicted octanol–water partition coefficient (Wildman–Crippen LogP) is 2.72.